The summed E-state index contributed by atoms with van der Waals surface area (Å²) in [6.45, 7) is 5.83. The molecule has 3 heterocycles. The number of hydrogen-bond acceptors (Lipinski definition) is 5. The smallest absolute Gasteiger partial charge is 0.356 e. The van der Waals surface area contributed by atoms with E-state index in [9.17, 15) is 13.2 Å². The van der Waals surface area contributed by atoms with E-state index in [0.717, 1.165) is 18.1 Å². The number of nitrogens with one attached hydrogen (secondary N) is 1. The van der Waals surface area contributed by atoms with Crippen LogP contribution in [0, 0.1) is 6.92 Å². The van der Waals surface area contributed by atoms with Crippen molar-refractivity contribution in [3.05, 3.63) is 34.0 Å². The maximum atomic E-state index is 13.0. The average Bonchev–Trinajstić information content (AvgIpc) is 3.34. The maximum absolute atomic E-state index is 13.0. The Labute approximate surface area is 201 Å². The molecule has 31 heavy (non-hydrogen) atoms. The van der Waals surface area contributed by atoms with E-state index in [4.69, 9.17) is 4.99 Å². The van der Waals surface area contributed by atoms with Gasteiger partial charge in [0.2, 0.25) is 0 Å². The zero-order valence-corrected chi connectivity index (χ0v) is 21.0. The maximum Gasteiger partial charge on any atom is 0.403 e. The summed E-state index contributed by atoms with van der Waals surface area (Å²) in [5, 5.41) is 13.6. The summed E-state index contributed by atoms with van der Waals surface area (Å²) in [6.07, 6.45) is -3.34. The van der Waals surface area contributed by atoms with Crippen LogP contribution in [0.2, 0.25) is 0 Å². The van der Waals surface area contributed by atoms with E-state index in [1.807, 2.05) is 34.9 Å². The predicted molar refractivity (Wildman–Crippen MR) is 127 cm³/mol. The number of hydrogen-bond donors (Lipinski definition) is 1. The first kappa shape index (κ1) is 25.8. The van der Waals surface area contributed by atoms with Crippen LogP contribution in [0.1, 0.15) is 23.4 Å². The van der Waals surface area contributed by atoms with Gasteiger partial charge in [-0.1, -0.05) is 6.07 Å². The minimum Gasteiger partial charge on any atom is -0.356 e. The molecule has 0 bridgehead atoms. The molecule has 0 saturated carbocycles. The summed E-state index contributed by atoms with van der Waals surface area (Å²) < 4.78 is 41.0. The van der Waals surface area contributed by atoms with Crippen molar-refractivity contribution in [1.82, 2.24) is 29.9 Å². The summed E-state index contributed by atoms with van der Waals surface area (Å²) in [5.41, 5.74) is 0. The van der Waals surface area contributed by atoms with Crippen LogP contribution >= 0.6 is 35.3 Å². The van der Waals surface area contributed by atoms with Gasteiger partial charge in [0.25, 0.3) is 0 Å². The molecule has 1 fully saturated rings. The Morgan fingerprint density at radius 3 is 2.52 bits per heavy atom. The van der Waals surface area contributed by atoms with Crippen molar-refractivity contribution in [2.24, 2.45) is 12.0 Å². The highest BCUT2D eigenvalue weighted by Gasteiger charge is 2.41. The summed E-state index contributed by atoms with van der Waals surface area (Å²) in [6, 6.07) is 2.67. The van der Waals surface area contributed by atoms with Gasteiger partial charge in [-0.15, -0.1) is 45.5 Å². The lowest BCUT2D eigenvalue weighted by Crippen LogP contribution is -2.56. The van der Waals surface area contributed by atoms with Crippen molar-refractivity contribution < 1.29 is 13.2 Å². The number of rotatable bonds is 6. The molecule has 0 aliphatic carbocycles. The van der Waals surface area contributed by atoms with Gasteiger partial charge in [-0.25, -0.2) is 4.99 Å². The highest BCUT2D eigenvalue weighted by Crippen LogP contribution is 2.25. The van der Waals surface area contributed by atoms with E-state index in [1.165, 1.54) is 16.7 Å². The quantitative estimate of drug-likeness (QED) is 0.328. The highest BCUT2D eigenvalue weighted by atomic mass is 127. The van der Waals surface area contributed by atoms with E-state index in [-0.39, 0.29) is 24.0 Å². The van der Waals surface area contributed by atoms with Crippen molar-refractivity contribution in [3.8, 4) is 0 Å². The zero-order valence-electron chi connectivity index (χ0n) is 17.9. The molecule has 1 aliphatic heterocycles. The molecule has 0 radical (unpaired) electrons. The predicted octanol–water partition coefficient (Wildman–Crippen LogP) is 3.06. The summed E-state index contributed by atoms with van der Waals surface area (Å²) in [4.78, 5) is 9.48. The van der Waals surface area contributed by atoms with E-state index in [0.29, 0.717) is 45.2 Å². The van der Waals surface area contributed by atoms with Gasteiger partial charge in [-0.2, -0.15) is 13.2 Å². The van der Waals surface area contributed by atoms with Gasteiger partial charge in [0.1, 0.15) is 18.4 Å². The fraction of sp³-hybridized carbons (Fsp3) is 0.632. The molecule has 1 saturated heterocycles. The topological polar surface area (TPSA) is 61.6 Å². The van der Waals surface area contributed by atoms with Crippen molar-refractivity contribution in [2.75, 3.05) is 32.7 Å². The number of halogens is 4. The van der Waals surface area contributed by atoms with Gasteiger partial charge in [0.15, 0.2) is 11.8 Å². The number of aryl methyl sites for hydroxylation is 1. The molecular formula is C19H29F3IN7S. The second-order valence-corrected chi connectivity index (χ2v) is 8.39. The lowest BCUT2D eigenvalue weighted by Gasteiger charge is -2.39. The first-order valence-corrected chi connectivity index (χ1v) is 10.8. The number of piperazine rings is 1. The average molecular weight is 571 g/mol. The number of aliphatic imine (C=N–C) groups is 1. The van der Waals surface area contributed by atoms with E-state index in [1.54, 1.807) is 11.3 Å². The molecule has 1 N–H and O–H groups in total. The Kier molecular flexibility index (Phi) is 9.55. The van der Waals surface area contributed by atoms with Crippen LogP contribution < -0.4 is 5.32 Å². The standard InChI is InChI=1S/C19H28F3N7S.HI/c1-14(19(20,21)22)28-8-10-29(11-9-28)18(23-7-6-16-5-4-12-30-16)24-13-17-26-25-15(2)27(17)3;/h4-5,12,14H,6-11,13H2,1-3H3,(H,23,24);1H. The van der Waals surface area contributed by atoms with Crippen LogP contribution in [0.5, 0.6) is 0 Å². The minimum atomic E-state index is -4.21. The van der Waals surface area contributed by atoms with Crippen LogP contribution in [0.25, 0.3) is 0 Å². The minimum absolute atomic E-state index is 0. The Balaban J connectivity index is 0.00000341. The number of thiophene rings is 1. The second kappa shape index (κ2) is 11.5. The molecule has 1 aliphatic rings. The molecule has 1 atom stereocenters. The van der Waals surface area contributed by atoms with Gasteiger partial charge < -0.3 is 14.8 Å². The Morgan fingerprint density at radius 2 is 1.97 bits per heavy atom. The monoisotopic (exact) mass is 571 g/mol. The normalized spacial score (nSPS) is 16.8. The third-order valence-corrected chi connectivity index (χ3v) is 6.36. The Hall–Kier alpha value is -1.41. The number of guanidine groups is 1. The largest absolute Gasteiger partial charge is 0.403 e. The molecule has 0 spiro atoms. The van der Waals surface area contributed by atoms with Crippen LogP contribution in [0.15, 0.2) is 22.5 Å². The van der Waals surface area contributed by atoms with Gasteiger partial charge in [-0.05, 0) is 31.7 Å². The molecule has 1 unspecified atom stereocenters. The lowest BCUT2D eigenvalue weighted by molar-refractivity contribution is -0.181. The first-order chi connectivity index (χ1) is 14.3. The number of nitrogens with zero attached hydrogens (tertiary/aromatic N) is 6. The van der Waals surface area contributed by atoms with E-state index >= 15 is 0 Å². The van der Waals surface area contributed by atoms with E-state index < -0.39 is 12.2 Å². The summed E-state index contributed by atoms with van der Waals surface area (Å²) >= 11 is 1.70. The van der Waals surface area contributed by atoms with Crippen LogP contribution in [0.3, 0.4) is 0 Å². The first-order valence-electron chi connectivity index (χ1n) is 9.97. The van der Waals surface area contributed by atoms with Crippen molar-refractivity contribution in [2.45, 2.75) is 39.0 Å². The lowest BCUT2D eigenvalue weighted by atomic mass is 10.2. The van der Waals surface area contributed by atoms with Crippen LogP contribution in [-0.4, -0.2) is 75.5 Å². The molecule has 2 aromatic rings. The van der Waals surface area contributed by atoms with Crippen molar-refractivity contribution in [1.29, 1.82) is 0 Å². The fourth-order valence-electron chi connectivity index (χ4n) is 3.28. The van der Waals surface area contributed by atoms with E-state index in [2.05, 4.69) is 21.6 Å². The molecule has 12 heteroatoms. The van der Waals surface area contributed by atoms with Gasteiger partial charge in [0.05, 0.1) is 0 Å². The molecule has 3 rings (SSSR count). The van der Waals surface area contributed by atoms with Crippen LogP contribution in [-0.2, 0) is 20.0 Å². The molecule has 0 amide bonds. The third kappa shape index (κ3) is 7.04. The van der Waals surface area contributed by atoms with Gasteiger partial charge >= 0.3 is 6.18 Å². The highest BCUT2D eigenvalue weighted by molar-refractivity contribution is 14.0. The van der Waals surface area contributed by atoms with Gasteiger partial charge in [0, 0.05) is 44.6 Å². The summed E-state index contributed by atoms with van der Waals surface area (Å²) in [5.74, 6) is 2.25. The van der Waals surface area contributed by atoms with Crippen LogP contribution in [0.4, 0.5) is 13.2 Å². The molecule has 174 valence electrons. The SMILES string of the molecule is Cc1nnc(CN=C(NCCc2cccs2)N2CCN(C(C)C(F)(F)F)CC2)n1C.I. The Morgan fingerprint density at radius 1 is 1.26 bits per heavy atom. The number of alkyl halides is 3. The van der Waals surface area contributed by atoms with Crippen molar-refractivity contribution in [3.63, 3.8) is 0 Å². The number of aromatic nitrogens is 3. The summed E-state index contributed by atoms with van der Waals surface area (Å²) in [7, 11) is 1.89. The van der Waals surface area contributed by atoms with Gasteiger partial charge in [-0.3, -0.25) is 4.90 Å². The molecule has 0 aromatic carbocycles. The zero-order chi connectivity index (χ0) is 21.7. The third-order valence-electron chi connectivity index (χ3n) is 5.42. The molecular weight excluding hydrogens is 542 g/mol. The molecule has 7 nitrogen and oxygen atoms in total. The van der Waals surface area contributed by atoms with Crippen molar-refractivity contribution >= 4 is 41.3 Å². The second-order valence-electron chi connectivity index (χ2n) is 7.36. The fourth-order valence-corrected chi connectivity index (χ4v) is 3.99. The Bertz CT molecular complexity index is 830. The molecule has 2 aromatic heterocycles.